The van der Waals surface area contributed by atoms with Gasteiger partial charge in [-0.3, -0.25) is 0 Å². The molecule has 12 heteroatoms. The predicted molar refractivity (Wildman–Crippen MR) is 160 cm³/mol. The Bertz CT molecular complexity index is 1740. The van der Waals surface area contributed by atoms with Crippen LogP contribution in [-0.4, -0.2) is 77.4 Å². The summed E-state index contributed by atoms with van der Waals surface area (Å²) in [5.41, 5.74) is 0. The van der Waals surface area contributed by atoms with E-state index in [1.54, 1.807) is 66.7 Å². The van der Waals surface area contributed by atoms with Gasteiger partial charge < -0.3 is 0 Å². The van der Waals surface area contributed by atoms with Crippen molar-refractivity contribution in [1.82, 2.24) is 12.9 Å². The van der Waals surface area contributed by atoms with Gasteiger partial charge in [-0.15, -0.1) is 0 Å². The van der Waals surface area contributed by atoms with E-state index in [-0.39, 0.29) is 54.0 Å². The molecular weight excluding hydrogens is 595 g/mol. The molecule has 0 bridgehead atoms. The highest BCUT2D eigenvalue weighted by molar-refractivity contribution is 7.89. The van der Waals surface area contributed by atoms with Crippen molar-refractivity contribution in [2.45, 2.75) is 14.7 Å². The Hall–Kier alpha value is -3.75. The number of hydrogen-bond acceptors (Lipinski definition) is 6. The summed E-state index contributed by atoms with van der Waals surface area (Å²) in [5, 5.41) is 0. The molecule has 4 rings (SSSR count). The molecule has 0 saturated carbocycles. The Labute approximate surface area is 248 Å². The molecule has 0 fully saturated rings. The monoisotopic (exact) mass is 623 g/mol. The van der Waals surface area contributed by atoms with Gasteiger partial charge >= 0.3 is 0 Å². The maximum Gasteiger partial charge on any atom is 0.244 e. The minimum Gasteiger partial charge on any atom is -0.207 e. The van der Waals surface area contributed by atoms with Crippen LogP contribution in [-0.2, 0) is 30.1 Å². The number of hydrogen-bond donors (Lipinski definition) is 0. The van der Waals surface area contributed by atoms with Crippen LogP contribution in [0.4, 0.5) is 0 Å². The van der Waals surface area contributed by atoms with Gasteiger partial charge in [0.2, 0.25) is 30.1 Å². The summed E-state index contributed by atoms with van der Waals surface area (Å²) >= 11 is 0. The van der Waals surface area contributed by atoms with Crippen molar-refractivity contribution < 1.29 is 25.3 Å². The van der Waals surface area contributed by atoms with Crippen LogP contribution in [0.5, 0.6) is 0 Å². The highest BCUT2D eigenvalue weighted by Gasteiger charge is 2.26. The lowest BCUT2D eigenvalue weighted by Crippen LogP contribution is -2.33. The summed E-state index contributed by atoms with van der Waals surface area (Å²) in [4.78, 5) is 0.207. The Morgan fingerprint density at radius 2 is 0.667 bits per heavy atom. The SMILES string of the molecule is O=S(=O)(c1ccccc1)N1CC#CCN(S(=O)(=O)c2ccccc2)C/C=C/CN(S(=O)(=O)c2ccccc2)CC#CC1. The lowest BCUT2D eigenvalue weighted by atomic mass is 10.4. The first-order valence-corrected chi connectivity index (χ1v) is 17.2. The second kappa shape index (κ2) is 13.9. The lowest BCUT2D eigenvalue weighted by Gasteiger charge is -2.20. The molecule has 0 amide bonds. The third-order valence-electron chi connectivity index (χ3n) is 6.20. The minimum absolute atomic E-state index is 0.0530. The molecule has 0 N–H and O–H groups in total. The van der Waals surface area contributed by atoms with Crippen molar-refractivity contribution in [3.8, 4) is 23.7 Å². The Kier molecular flexibility index (Phi) is 10.4. The average molecular weight is 624 g/mol. The summed E-state index contributed by atoms with van der Waals surface area (Å²) in [5.74, 6) is 11.1. The van der Waals surface area contributed by atoms with Crippen molar-refractivity contribution in [2.75, 3.05) is 39.3 Å². The molecule has 3 aromatic carbocycles. The van der Waals surface area contributed by atoms with Crippen LogP contribution in [0, 0.1) is 23.7 Å². The lowest BCUT2D eigenvalue weighted by molar-refractivity contribution is 0.470. The molecule has 218 valence electrons. The van der Waals surface area contributed by atoms with Crippen molar-refractivity contribution in [3.05, 3.63) is 103 Å². The molecular formula is C30H29N3O6S3. The van der Waals surface area contributed by atoms with E-state index in [0.717, 1.165) is 12.9 Å². The second-order valence-electron chi connectivity index (χ2n) is 8.99. The van der Waals surface area contributed by atoms with Crippen LogP contribution in [0.1, 0.15) is 0 Å². The van der Waals surface area contributed by atoms with E-state index in [2.05, 4.69) is 23.7 Å². The fraction of sp³-hybridized carbons (Fsp3) is 0.200. The van der Waals surface area contributed by atoms with Gasteiger partial charge in [0.1, 0.15) is 0 Å². The van der Waals surface area contributed by atoms with Crippen LogP contribution < -0.4 is 0 Å². The molecule has 0 atom stereocenters. The van der Waals surface area contributed by atoms with E-state index >= 15 is 0 Å². The first-order valence-electron chi connectivity index (χ1n) is 12.9. The third kappa shape index (κ3) is 7.55. The van der Waals surface area contributed by atoms with E-state index < -0.39 is 30.1 Å². The highest BCUT2D eigenvalue weighted by atomic mass is 32.2. The summed E-state index contributed by atoms with van der Waals surface area (Å²) in [6.45, 7) is -1.07. The number of benzene rings is 3. The van der Waals surface area contributed by atoms with E-state index in [1.807, 2.05) is 0 Å². The van der Waals surface area contributed by atoms with E-state index in [4.69, 9.17) is 0 Å². The van der Waals surface area contributed by atoms with Gasteiger partial charge in [-0.25, -0.2) is 25.3 Å². The topological polar surface area (TPSA) is 112 Å². The Balaban J connectivity index is 1.71. The molecule has 9 nitrogen and oxygen atoms in total. The van der Waals surface area contributed by atoms with Crippen molar-refractivity contribution in [1.29, 1.82) is 0 Å². The smallest absolute Gasteiger partial charge is 0.207 e. The van der Waals surface area contributed by atoms with Crippen LogP contribution in [0.3, 0.4) is 0 Å². The molecule has 0 saturated heterocycles. The zero-order chi connectivity index (χ0) is 30.1. The molecule has 0 spiro atoms. The summed E-state index contributed by atoms with van der Waals surface area (Å²) < 4.78 is 83.7. The average Bonchev–Trinajstić information content (AvgIpc) is 3.01. The molecule has 42 heavy (non-hydrogen) atoms. The van der Waals surface area contributed by atoms with Crippen molar-refractivity contribution in [2.24, 2.45) is 0 Å². The van der Waals surface area contributed by atoms with Gasteiger partial charge in [0, 0.05) is 13.1 Å². The molecule has 0 unspecified atom stereocenters. The van der Waals surface area contributed by atoms with E-state index in [1.165, 1.54) is 36.4 Å². The normalized spacial score (nSPS) is 17.4. The van der Waals surface area contributed by atoms with Crippen molar-refractivity contribution >= 4 is 30.1 Å². The Morgan fingerprint density at radius 3 is 0.976 bits per heavy atom. The fourth-order valence-corrected chi connectivity index (χ4v) is 7.81. The Morgan fingerprint density at radius 1 is 0.405 bits per heavy atom. The molecule has 0 aromatic heterocycles. The number of nitrogens with zero attached hydrogens (tertiary/aromatic N) is 3. The van der Waals surface area contributed by atoms with Gasteiger partial charge in [0.15, 0.2) is 0 Å². The largest absolute Gasteiger partial charge is 0.244 e. The fourth-order valence-electron chi connectivity index (χ4n) is 3.91. The van der Waals surface area contributed by atoms with Gasteiger partial charge in [-0.2, -0.15) is 12.9 Å². The van der Waals surface area contributed by atoms with E-state index in [9.17, 15) is 25.3 Å². The first-order chi connectivity index (χ1) is 20.1. The van der Waals surface area contributed by atoms with Crippen molar-refractivity contribution in [3.63, 3.8) is 0 Å². The molecule has 1 aliphatic heterocycles. The van der Waals surface area contributed by atoms with Gasteiger partial charge in [-0.05, 0) is 36.4 Å². The number of sulfonamides is 3. The molecule has 3 aromatic rings. The molecule has 1 heterocycles. The zero-order valence-corrected chi connectivity index (χ0v) is 25.0. The predicted octanol–water partition coefficient (Wildman–Crippen LogP) is 2.64. The highest BCUT2D eigenvalue weighted by Crippen LogP contribution is 2.18. The number of rotatable bonds is 6. The molecule has 1 aliphatic rings. The van der Waals surface area contributed by atoms with Gasteiger partial charge in [-0.1, -0.05) is 90.4 Å². The van der Waals surface area contributed by atoms with Crippen LogP contribution >= 0.6 is 0 Å². The van der Waals surface area contributed by atoms with Gasteiger partial charge in [0.25, 0.3) is 0 Å². The molecule has 0 aliphatic carbocycles. The molecule has 0 radical (unpaired) electrons. The second-order valence-corrected chi connectivity index (χ2v) is 14.8. The maximum atomic E-state index is 13.4. The van der Waals surface area contributed by atoms with Crippen LogP contribution in [0.15, 0.2) is 118 Å². The summed E-state index contributed by atoms with van der Waals surface area (Å²) in [7, 11) is -11.9. The summed E-state index contributed by atoms with van der Waals surface area (Å²) in [6.07, 6.45) is 3.13. The summed E-state index contributed by atoms with van der Waals surface area (Å²) in [6, 6.07) is 23.6. The maximum absolute atomic E-state index is 13.4. The third-order valence-corrected chi connectivity index (χ3v) is 11.7. The van der Waals surface area contributed by atoms with Gasteiger partial charge in [0.05, 0.1) is 40.9 Å². The van der Waals surface area contributed by atoms with Crippen LogP contribution in [0.2, 0.25) is 0 Å². The van der Waals surface area contributed by atoms with E-state index in [0.29, 0.717) is 0 Å². The standard InChI is InChI=1S/C30H29N3O6S3/c34-40(35,28-16-4-1-5-17-28)31-22-10-12-24-32(41(36,37)29-18-6-2-7-19-29)26-14-15-27-33(25-13-11-23-31)42(38,39)30-20-8-3-9-21-30/h1-10,12,16-21H,22-27H2/b12-10+. The first kappa shape index (κ1) is 31.2. The zero-order valence-electron chi connectivity index (χ0n) is 22.6. The quantitative estimate of drug-likeness (QED) is 0.308. The minimum atomic E-state index is -3.99. The van der Waals surface area contributed by atoms with Crippen LogP contribution in [0.25, 0.3) is 0 Å².